The van der Waals surface area contributed by atoms with Gasteiger partial charge in [-0.2, -0.15) is 0 Å². The average molecular weight is 434 g/mol. The maximum absolute atomic E-state index is 12.4. The molecule has 2 aromatic rings. The number of nitrogens with zero attached hydrogens (tertiary/aromatic N) is 1. The van der Waals surface area contributed by atoms with Crippen LogP contribution in [-0.2, 0) is 5.75 Å². The van der Waals surface area contributed by atoms with Crippen molar-refractivity contribution in [3.8, 4) is 0 Å². The summed E-state index contributed by atoms with van der Waals surface area (Å²) in [5.41, 5.74) is 7.61. The van der Waals surface area contributed by atoms with Crippen molar-refractivity contribution in [2.45, 2.75) is 42.9 Å². The minimum absolute atomic E-state index is 0. The molecule has 4 nitrogen and oxygen atoms in total. The van der Waals surface area contributed by atoms with E-state index in [2.05, 4.69) is 15.7 Å². The van der Waals surface area contributed by atoms with Crippen molar-refractivity contribution in [3.63, 3.8) is 0 Å². The Hall–Kier alpha value is -0.790. The molecule has 1 aromatic heterocycles. The summed E-state index contributed by atoms with van der Waals surface area (Å²) in [7, 11) is 0. The van der Waals surface area contributed by atoms with Gasteiger partial charge in [-0.3, -0.25) is 4.79 Å². The number of amides is 1. The lowest BCUT2D eigenvalue weighted by atomic mass is 10.0. The Kier molecular flexibility index (Phi) is 9.97. The van der Waals surface area contributed by atoms with Gasteiger partial charge < -0.3 is 11.1 Å². The molecule has 3 rings (SSSR count). The molecule has 3 N–H and O–H groups in total. The number of hydrogen-bond acceptors (Lipinski definition) is 5. The van der Waals surface area contributed by atoms with E-state index in [1.54, 1.807) is 23.1 Å². The molecule has 1 saturated carbocycles. The van der Waals surface area contributed by atoms with Crippen LogP contribution in [0.1, 0.15) is 40.3 Å². The molecule has 1 heterocycles. The molecule has 2 atom stereocenters. The number of carbonyl (C=O) groups excluding carboxylic acids is 1. The van der Waals surface area contributed by atoms with Gasteiger partial charge in [-0.1, -0.05) is 6.42 Å². The fourth-order valence-corrected chi connectivity index (χ4v) is 4.60. The largest absolute Gasteiger partial charge is 0.349 e. The van der Waals surface area contributed by atoms with Crippen LogP contribution in [0.4, 0.5) is 0 Å². The van der Waals surface area contributed by atoms with E-state index < -0.39 is 0 Å². The Morgan fingerprint density at radius 2 is 2.04 bits per heavy atom. The number of thiazole rings is 1. The number of nitrogens with one attached hydrogen (secondary N) is 1. The van der Waals surface area contributed by atoms with E-state index in [1.807, 2.05) is 31.2 Å². The molecule has 144 valence electrons. The minimum atomic E-state index is 0. The maximum Gasteiger partial charge on any atom is 0.251 e. The van der Waals surface area contributed by atoms with Gasteiger partial charge in [0.2, 0.25) is 0 Å². The summed E-state index contributed by atoms with van der Waals surface area (Å²) in [6, 6.07) is 8.04. The highest BCUT2D eigenvalue weighted by atomic mass is 35.5. The van der Waals surface area contributed by atoms with Gasteiger partial charge in [0.25, 0.3) is 5.91 Å². The lowest BCUT2D eigenvalue weighted by molar-refractivity contribution is 0.0928. The molecule has 1 aromatic carbocycles. The van der Waals surface area contributed by atoms with E-state index in [4.69, 9.17) is 5.73 Å². The molecule has 0 radical (unpaired) electrons. The third-order valence-electron chi connectivity index (χ3n) is 4.45. The first-order valence-corrected chi connectivity index (χ1v) is 10.2. The Bertz CT molecular complexity index is 694. The van der Waals surface area contributed by atoms with Crippen molar-refractivity contribution in [2.24, 2.45) is 11.7 Å². The van der Waals surface area contributed by atoms with Crippen molar-refractivity contribution in [3.05, 3.63) is 45.9 Å². The zero-order chi connectivity index (χ0) is 16.9. The summed E-state index contributed by atoms with van der Waals surface area (Å²) in [6.45, 7) is 2.67. The smallest absolute Gasteiger partial charge is 0.251 e. The quantitative estimate of drug-likeness (QED) is 0.660. The van der Waals surface area contributed by atoms with Gasteiger partial charge in [0, 0.05) is 27.6 Å². The first-order chi connectivity index (χ1) is 11.7. The monoisotopic (exact) mass is 433 g/mol. The van der Waals surface area contributed by atoms with E-state index in [0.717, 1.165) is 40.6 Å². The van der Waals surface area contributed by atoms with Crippen molar-refractivity contribution < 1.29 is 4.79 Å². The van der Waals surface area contributed by atoms with Gasteiger partial charge in [-0.05, 0) is 56.5 Å². The molecule has 2 unspecified atom stereocenters. The summed E-state index contributed by atoms with van der Waals surface area (Å²) in [5.74, 6) is 1.29. The minimum Gasteiger partial charge on any atom is -0.349 e. The number of rotatable bonds is 6. The molecule has 1 amide bonds. The SMILES string of the molecule is Cc1nc(CSc2ccc(C(=O)NC3CCCC3CN)cc2)cs1.Cl.Cl. The number of hydrogen-bond donors (Lipinski definition) is 2. The lowest BCUT2D eigenvalue weighted by Crippen LogP contribution is -2.39. The summed E-state index contributed by atoms with van der Waals surface area (Å²) >= 11 is 3.42. The van der Waals surface area contributed by atoms with Crippen LogP contribution >= 0.6 is 47.9 Å². The van der Waals surface area contributed by atoms with E-state index in [9.17, 15) is 4.79 Å². The fraction of sp³-hybridized carbons (Fsp3) is 0.444. The zero-order valence-corrected chi connectivity index (χ0v) is 17.9. The van der Waals surface area contributed by atoms with Crippen LogP contribution in [-0.4, -0.2) is 23.5 Å². The first-order valence-electron chi connectivity index (χ1n) is 8.30. The average Bonchev–Trinajstić information content (AvgIpc) is 3.22. The third kappa shape index (κ3) is 6.13. The number of benzene rings is 1. The van der Waals surface area contributed by atoms with Crippen molar-refractivity contribution in [1.82, 2.24) is 10.3 Å². The zero-order valence-electron chi connectivity index (χ0n) is 14.6. The van der Waals surface area contributed by atoms with Gasteiger partial charge >= 0.3 is 0 Å². The van der Waals surface area contributed by atoms with Crippen LogP contribution in [0.25, 0.3) is 0 Å². The maximum atomic E-state index is 12.4. The van der Waals surface area contributed by atoms with Crippen molar-refractivity contribution in [1.29, 1.82) is 0 Å². The van der Waals surface area contributed by atoms with Crippen LogP contribution in [0.3, 0.4) is 0 Å². The number of nitrogens with two attached hydrogens (primary N) is 1. The second-order valence-corrected chi connectivity index (χ2v) is 8.29. The summed E-state index contributed by atoms with van der Waals surface area (Å²) in [4.78, 5) is 18.0. The van der Waals surface area contributed by atoms with Gasteiger partial charge in [0.15, 0.2) is 0 Å². The predicted octanol–water partition coefficient (Wildman–Crippen LogP) is 4.44. The van der Waals surface area contributed by atoms with Crippen molar-refractivity contribution >= 4 is 53.8 Å². The highest BCUT2D eigenvalue weighted by Gasteiger charge is 2.27. The molecule has 0 aliphatic heterocycles. The first kappa shape index (κ1) is 23.2. The van der Waals surface area contributed by atoms with E-state index in [0.29, 0.717) is 18.0 Å². The molecule has 8 heteroatoms. The highest BCUT2D eigenvalue weighted by Crippen LogP contribution is 2.26. The van der Waals surface area contributed by atoms with Crippen LogP contribution in [0.5, 0.6) is 0 Å². The van der Waals surface area contributed by atoms with Crippen LogP contribution in [0.15, 0.2) is 34.5 Å². The molecule has 1 aliphatic carbocycles. The summed E-state index contributed by atoms with van der Waals surface area (Å²) < 4.78 is 0. The summed E-state index contributed by atoms with van der Waals surface area (Å²) in [5, 5.41) is 6.34. The Balaban J connectivity index is 0.00000169. The van der Waals surface area contributed by atoms with Crippen LogP contribution < -0.4 is 11.1 Å². The highest BCUT2D eigenvalue weighted by molar-refractivity contribution is 7.98. The van der Waals surface area contributed by atoms with E-state index >= 15 is 0 Å². The standard InChI is InChI=1S/C18H23N3OS2.2ClH/c1-12-20-15(10-23-12)11-24-16-7-5-13(6-8-16)18(22)21-17-4-2-3-14(17)9-19;;/h5-8,10,14,17H,2-4,9,11,19H2,1H3,(H,21,22);2*1H. The molecule has 0 saturated heterocycles. The number of carbonyl (C=O) groups is 1. The number of aryl methyl sites for hydroxylation is 1. The molecule has 1 aliphatic rings. The predicted molar refractivity (Wildman–Crippen MR) is 115 cm³/mol. The van der Waals surface area contributed by atoms with Crippen molar-refractivity contribution in [2.75, 3.05) is 6.54 Å². The van der Waals surface area contributed by atoms with Gasteiger partial charge in [-0.15, -0.1) is 47.9 Å². The molecule has 0 spiro atoms. The lowest BCUT2D eigenvalue weighted by Gasteiger charge is -2.19. The normalized spacial score (nSPS) is 18.7. The molecule has 0 bridgehead atoms. The van der Waals surface area contributed by atoms with Gasteiger partial charge in [0.1, 0.15) is 0 Å². The molecule has 1 fully saturated rings. The Labute approximate surface area is 175 Å². The molecular formula is C18H25Cl2N3OS2. The Morgan fingerprint density at radius 3 is 2.65 bits per heavy atom. The third-order valence-corrected chi connectivity index (χ3v) is 6.32. The van der Waals surface area contributed by atoms with E-state index in [-0.39, 0.29) is 36.8 Å². The van der Waals surface area contributed by atoms with E-state index in [1.165, 1.54) is 0 Å². The second kappa shape index (κ2) is 11.1. The summed E-state index contributed by atoms with van der Waals surface area (Å²) in [6.07, 6.45) is 3.31. The number of aromatic nitrogens is 1. The van der Waals surface area contributed by atoms with Crippen LogP contribution in [0.2, 0.25) is 0 Å². The molecular weight excluding hydrogens is 409 g/mol. The van der Waals surface area contributed by atoms with Gasteiger partial charge in [-0.25, -0.2) is 4.98 Å². The van der Waals surface area contributed by atoms with Crippen LogP contribution in [0, 0.1) is 12.8 Å². The second-order valence-electron chi connectivity index (χ2n) is 6.18. The fourth-order valence-electron chi connectivity index (χ4n) is 3.10. The number of halogens is 2. The Morgan fingerprint density at radius 1 is 1.31 bits per heavy atom. The topological polar surface area (TPSA) is 68.0 Å². The number of thioether (sulfide) groups is 1. The van der Waals surface area contributed by atoms with Gasteiger partial charge in [0.05, 0.1) is 10.7 Å². The molecule has 26 heavy (non-hydrogen) atoms.